The fourth-order valence-corrected chi connectivity index (χ4v) is 9.22. The molecule has 60 heavy (non-hydrogen) atoms. The van der Waals surface area contributed by atoms with Crippen LogP contribution in [-0.2, 0) is 20.9 Å². The Hall–Kier alpha value is -6.12. The number of H-pyrrole nitrogens is 2. The molecule has 0 unspecified atom stereocenters. The number of fused-ring (bicyclic) bond motifs is 6. The summed E-state index contributed by atoms with van der Waals surface area (Å²) in [6, 6.07) is 12.4. The number of carbonyl (C=O) groups excluding carboxylic acids is 4. The van der Waals surface area contributed by atoms with Crippen molar-refractivity contribution >= 4 is 45.7 Å². The summed E-state index contributed by atoms with van der Waals surface area (Å²) in [5.74, 6) is 2.01. The zero-order valence-corrected chi connectivity index (χ0v) is 35.5. The van der Waals surface area contributed by atoms with E-state index in [-0.39, 0.29) is 53.7 Å². The van der Waals surface area contributed by atoms with Gasteiger partial charge in [0.25, 0.3) is 0 Å². The number of benzene rings is 3. The molecule has 15 nitrogen and oxygen atoms in total. The second-order valence-corrected chi connectivity index (χ2v) is 17.3. The average Bonchev–Trinajstić information content (AvgIpc) is 4.05. The van der Waals surface area contributed by atoms with Crippen LogP contribution in [0.2, 0.25) is 0 Å². The van der Waals surface area contributed by atoms with E-state index in [1.54, 1.807) is 7.05 Å². The molecule has 8 rings (SSSR count). The Labute approximate surface area is 349 Å². The second-order valence-electron chi connectivity index (χ2n) is 17.3. The van der Waals surface area contributed by atoms with E-state index in [0.29, 0.717) is 19.0 Å². The molecule has 0 bridgehead atoms. The lowest BCUT2D eigenvalue weighted by atomic mass is 9.92. The Morgan fingerprint density at radius 2 is 1.65 bits per heavy atom. The van der Waals surface area contributed by atoms with Crippen LogP contribution in [0, 0.1) is 17.8 Å². The van der Waals surface area contributed by atoms with Gasteiger partial charge in [0.2, 0.25) is 11.8 Å². The van der Waals surface area contributed by atoms with E-state index >= 15 is 0 Å². The number of rotatable bonds is 9. The summed E-state index contributed by atoms with van der Waals surface area (Å²) >= 11 is 0. The number of aromatic nitrogens is 4. The van der Waals surface area contributed by atoms with Gasteiger partial charge >= 0.3 is 12.1 Å². The number of carbonyl (C=O) groups is 4. The number of hydrogen-bond donors (Lipinski definition) is 5. The normalized spacial score (nSPS) is 20.8. The number of nitrogens with zero attached hydrogens (tertiary/aromatic N) is 4. The third-order valence-electron chi connectivity index (χ3n) is 12.5. The first-order chi connectivity index (χ1) is 28.8. The van der Waals surface area contributed by atoms with Crippen LogP contribution in [0.4, 0.5) is 9.59 Å². The van der Waals surface area contributed by atoms with E-state index < -0.39 is 18.2 Å². The molecule has 3 aromatic carbocycles. The van der Waals surface area contributed by atoms with Gasteiger partial charge in [-0.15, -0.1) is 0 Å². The Morgan fingerprint density at radius 3 is 2.38 bits per heavy atom. The van der Waals surface area contributed by atoms with Gasteiger partial charge in [0.15, 0.2) is 0 Å². The van der Waals surface area contributed by atoms with Gasteiger partial charge < -0.3 is 45.2 Å². The second kappa shape index (κ2) is 16.1. The zero-order valence-electron chi connectivity index (χ0n) is 35.5. The highest BCUT2D eigenvalue weighted by Gasteiger charge is 2.42. The van der Waals surface area contributed by atoms with Crippen molar-refractivity contribution in [3.05, 3.63) is 65.9 Å². The van der Waals surface area contributed by atoms with Crippen LogP contribution in [0.3, 0.4) is 0 Å². The Balaban J connectivity index is 1.05. The van der Waals surface area contributed by atoms with Gasteiger partial charge in [0.05, 0.1) is 42.1 Å². The smallest absolute Gasteiger partial charge is 0.407 e. The SMILES string of the molecule is CNC(=O)N[C@H](C(=O)N1C[C@@H](C)C[C@H]1c1ncc(-c2ccc3c(c2)COc2cc4c(ccc5[nH]c([C@@H]6CC[C@H](C)N6C(=O)[C@@H](NC(=O)OC)C(C)C)nc54)cc2-3)[nH]1)C(C)C. The van der Waals surface area contributed by atoms with Crippen LogP contribution in [0.25, 0.3) is 44.2 Å². The number of urea groups is 1. The lowest BCUT2D eigenvalue weighted by Crippen LogP contribution is -2.53. The lowest BCUT2D eigenvalue weighted by Gasteiger charge is -2.32. The van der Waals surface area contributed by atoms with Crippen LogP contribution in [0.5, 0.6) is 5.75 Å². The van der Waals surface area contributed by atoms with Crippen molar-refractivity contribution in [3.63, 3.8) is 0 Å². The van der Waals surface area contributed by atoms with E-state index in [1.165, 1.54) is 7.11 Å². The summed E-state index contributed by atoms with van der Waals surface area (Å²) in [5, 5.41) is 10.1. The molecular formula is C45H55N9O6. The summed E-state index contributed by atoms with van der Waals surface area (Å²) in [4.78, 5) is 72.8. The zero-order chi connectivity index (χ0) is 42.6. The number of ether oxygens (including phenoxy) is 2. The highest BCUT2D eigenvalue weighted by Crippen LogP contribution is 2.44. The summed E-state index contributed by atoms with van der Waals surface area (Å²) < 4.78 is 11.3. The minimum atomic E-state index is -0.724. The van der Waals surface area contributed by atoms with Crippen LogP contribution in [0.15, 0.2) is 48.7 Å². The van der Waals surface area contributed by atoms with Crippen LogP contribution in [0.1, 0.15) is 90.1 Å². The lowest BCUT2D eigenvalue weighted by molar-refractivity contribution is -0.137. The van der Waals surface area contributed by atoms with Gasteiger partial charge in [-0.3, -0.25) is 9.59 Å². The van der Waals surface area contributed by atoms with Gasteiger partial charge in [-0.25, -0.2) is 19.6 Å². The number of imidazole rings is 2. The standard InChI is InChI=1S/C45H55N9O6/c1-22(2)37(51-44(57)46-7)42(55)53-20-24(5)15-35(53)40-47-19-33(49-40)27-10-12-29-28(16-27)21-60-36-18-30-26(17-31(29)36)11-13-32-39(30)50-41(48-32)34-14-9-25(6)54(34)43(56)38(23(3)4)52-45(58)59-8/h10-13,16-19,22-25,34-35,37-38H,9,14-15,20-21H2,1-8H3,(H,47,49)(H,48,50)(H,52,58)(H2,46,51,57)/t24-,25-,34-,35-,37-,38-/m0/s1. The van der Waals surface area contributed by atoms with Crippen molar-refractivity contribution in [2.45, 2.75) is 97.6 Å². The van der Waals surface area contributed by atoms with Gasteiger partial charge in [-0.05, 0) is 90.3 Å². The molecule has 6 atom stereocenters. The predicted octanol–water partition coefficient (Wildman–Crippen LogP) is 6.96. The fraction of sp³-hybridized carbons (Fsp3) is 0.467. The average molecular weight is 818 g/mol. The third-order valence-corrected chi connectivity index (χ3v) is 12.5. The summed E-state index contributed by atoms with van der Waals surface area (Å²) in [6.07, 6.45) is 3.53. The molecule has 3 aliphatic heterocycles. The Bertz CT molecular complexity index is 2470. The molecule has 2 saturated heterocycles. The molecule has 3 aliphatic rings. The number of alkyl carbamates (subject to hydrolysis) is 1. The molecule has 5 heterocycles. The first kappa shape index (κ1) is 40.7. The molecule has 316 valence electrons. The molecule has 2 fully saturated rings. The van der Waals surface area contributed by atoms with E-state index in [2.05, 4.69) is 69.2 Å². The maximum absolute atomic E-state index is 14.0. The molecule has 5 N–H and O–H groups in total. The number of nitrogens with one attached hydrogen (secondary N) is 5. The Kier molecular flexibility index (Phi) is 10.9. The number of methoxy groups -OCH3 is 1. The molecular weight excluding hydrogens is 763 g/mol. The fourth-order valence-electron chi connectivity index (χ4n) is 9.22. The number of amides is 5. The van der Waals surface area contributed by atoms with Crippen molar-refractivity contribution in [2.75, 3.05) is 20.7 Å². The van der Waals surface area contributed by atoms with Crippen molar-refractivity contribution in [2.24, 2.45) is 17.8 Å². The first-order valence-corrected chi connectivity index (χ1v) is 21.0. The van der Waals surface area contributed by atoms with Crippen molar-refractivity contribution in [1.29, 1.82) is 0 Å². The number of hydrogen-bond acceptors (Lipinski definition) is 8. The predicted molar refractivity (Wildman–Crippen MR) is 228 cm³/mol. The third kappa shape index (κ3) is 7.38. The largest absolute Gasteiger partial charge is 0.488 e. The molecule has 0 spiro atoms. The molecule has 0 aliphatic carbocycles. The van der Waals surface area contributed by atoms with Gasteiger partial charge in [-0.2, -0.15) is 0 Å². The molecule has 2 aromatic heterocycles. The number of likely N-dealkylation sites (tertiary alicyclic amines) is 2. The monoisotopic (exact) mass is 817 g/mol. The van der Waals surface area contributed by atoms with Crippen LogP contribution in [-0.4, -0.2) is 92.5 Å². The molecule has 5 aromatic rings. The van der Waals surface area contributed by atoms with Crippen molar-refractivity contribution in [1.82, 2.24) is 45.7 Å². The van der Waals surface area contributed by atoms with Gasteiger partial charge in [0.1, 0.15) is 36.1 Å². The van der Waals surface area contributed by atoms with Crippen LogP contribution < -0.4 is 20.7 Å². The summed E-state index contributed by atoms with van der Waals surface area (Å²) in [6.45, 7) is 12.8. The van der Waals surface area contributed by atoms with E-state index in [1.807, 2.05) is 56.7 Å². The van der Waals surface area contributed by atoms with Crippen molar-refractivity contribution in [3.8, 4) is 28.1 Å². The Morgan fingerprint density at radius 1 is 0.883 bits per heavy atom. The minimum Gasteiger partial charge on any atom is -0.488 e. The summed E-state index contributed by atoms with van der Waals surface area (Å²) in [7, 11) is 2.84. The van der Waals surface area contributed by atoms with E-state index in [9.17, 15) is 19.2 Å². The number of aromatic amines is 2. The van der Waals surface area contributed by atoms with E-state index in [4.69, 9.17) is 19.4 Å². The maximum Gasteiger partial charge on any atom is 0.407 e. The summed E-state index contributed by atoms with van der Waals surface area (Å²) in [5.41, 5.74) is 6.62. The van der Waals surface area contributed by atoms with Crippen LogP contribution >= 0.6 is 0 Å². The highest BCUT2D eigenvalue weighted by molar-refractivity contribution is 6.07. The van der Waals surface area contributed by atoms with Crippen molar-refractivity contribution < 1.29 is 28.7 Å². The molecule has 0 saturated carbocycles. The van der Waals surface area contributed by atoms with E-state index in [0.717, 1.165) is 80.6 Å². The molecule has 0 radical (unpaired) electrons. The van der Waals surface area contributed by atoms with Gasteiger partial charge in [0, 0.05) is 30.6 Å². The van der Waals surface area contributed by atoms with Gasteiger partial charge in [-0.1, -0.05) is 52.8 Å². The molecule has 15 heteroatoms. The maximum atomic E-state index is 14.0. The first-order valence-electron chi connectivity index (χ1n) is 21.0. The molecule has 5 amide bonds. The quantitative estimate of drug-likeness (QED) is 0.106. The highest BCUT2D eigenvalue weighted by atomic mass is 16.5. The topological polar surface area (TPSA) is 187 Å². The minimum absolute atomic E-state index is 0.0238.